The molecule has 18 heavy (non-hydrogen) atoms. The van der Waals surface area contributed by atoms with Gasteiger partial charge in [-0.15, -0.1) is 0 Å². The fourth-order valence-electron chi connectivity index (χ4n) is 1.45. The molecule has 8 heteroatoms. The Balaban J connectivity index is 2.80. The van der Waals surface area contributed by atoms with E-state index in [0.717, 1.165) is 0 Å². The summed E-state index contributed by atoms with van der Waals surface area (Å²) in [5, 5.41) is 8.90. The summed E-state index contributed by atoms with van der Waals surface area (Å²) >= 11 is 0. The van der Waals surface area contributed by atoms with Crippen LogP contribution in [0.1, 0.15) is 22.6 Å². The number of rotatable bonds is 7. The Morgan fingerprint density at radius 1 is 1.56 bits per heavy atom. The molecule has 0 aromatic carbocycles. The number of carbonyl (C=O) groups is 1. The maximum atomic E-state index is 11.7. The highest BCUT2D eigenvalue weighted by molar-refractivity contribution is 7.92. The van der Waals surface area contributed by atoms with Crippen molar-refractivity contribution in [2.24, 2.45) is 0 Å². The van der Waals surface area contributed by atoms with E-state index in [2.05, 4.69) is 9.71 Å². The van der Waals surface area contributed by atoms with Crippen LogP contribution in [0.15, 0.2) is 6.07 Å². The first-order chi connectivity index (χ1) is 8.35. The number of carboxylic acid groups (broad SMARTS) is 1. The van der Waals surface area contributed by atoms with E-state index in [9.17, 15) is 13.2 Å². The summed E-state index contributed by atoms with van der Waals surface area (Å²) in [7, 11) is -2.08. The standard InChI is InChI=1S/C10H16N2O5S/c1-7-6-8(9(11-7)10(13)14)12-18(15,16)5-3-4-17-2/h6,11-12H,3-5H2,1-2H3,(H,13,14). The third-order valence-electron chi connectivity index (χ3n) is 2.19. The van der Waals surface area contributed by atoms with Gasteiger partial charge in [0.2, 0.25) is 10.0 Å². The predicted molar refractivity (Wildman–Crippen MR) is 66.4 cm³/mol. The van der Waals surface area contributed by atoms with E-state index < -0.39 is 16.0 Å². The molecule has 7 nitrogen and oxygen atoms in total. The number of aryl methyl sites for hydroxylation is 1. The number of carboxylic acids is 1. The normalized spacial score (nSPS) is 11.4. The smallest absolute Gasteiger partial charge is 0.354 e. The summed E-state index contributed by atoms with van der Waals surface area (Å²) in [6.45, 7) is 1.98. The molecule has 0 fully saturated rings. The Labute approximate surface area is 105 Å². The van der Waals surface area contributed by atoms with Crippen molar-refractivity contribution >= 4 is 21.7 Å². The number of hydrogen-bond acceptors (Lipinski definition) is 4. The fraction of sp³-hybridized carbons (Fsp3) is 0.500. The fourth-order valence-corrected chi connectivity index (χ4v) is 2.55. The highest BCUT2D eigenvalue weighted by Crippen LogP contribution is 2.18. The second kappa shape index (κ2) is 5.87. The Morgan fingerprint density at radius 2 is 2.22 bits per heavy atom. The molecule has 0 saturated heterocycles. The van der Waals surface area contributed by atoms with Crippen LogP contribution < -0.4 is 4.72 Å². The lowest BCUT2D eigenvalue weighted by Gasteiger charge is -2.06. The molecule has 0 radical (unpaired) electrons. The van der Waals surface area contributed by atoms with Crippen molar-refractivity contribution in [1.82, 2.24) is 4.98 Å². The number of sulfonamides is 1. The molecule has 1 aromatic rings. The van der Waals surface area contributed by atoms with Crippen LogP contribution in [0.25, 0.3) is 0 Å². The third-order valence-corrected chi connectivity index (χ3v) is 3.55. The maximum absolute atomic E-state index is 11.7. The van der Waals surface area contributed by atoms with Gasteiger partial charge in [0, 0.05) is 19.4 Å². The summed E-state index contributed by atoms with van der Waals surface area (Å²) in [6, 6.07) is 1.44. The molecule has 102 valence electrons. The minimum absolute atomic E-state index is 0.0532. The third kappa shape index (κ3) is 4.04. The molecule has 0 aliphatic rings. The van der Waals surface area contributed by atoms with Crippen LogP contribution in [0.4, 0.5) is 5.69 Å². The monoisotopic (exact) mass is 276 g/mol. The average Bonchev–Trinajstić information content (AvgIpc) is 2.58. The maximum Gasteiger partial charge on any atom is 0.354 e. The number of aromatic nitrogens is 1. The van der Waals surface area contributed by atoms with Crippen LogP contribution in [0.2, 0.25) is 0 Å². The molecule has 3 N–H and O–H groups in total. The van der Waals surface area contributed by atoms with Crippen LogP contribution in [-0.4, -0.2) is 43.9 Å². The molecule has 0 atom stereocenters. The molecule has 0 amide bonds. The molecule has 0 aliphatic carbocycles. The zero-order valence-electron chi connectivity index (χ0n) is 10.2. The predicted octanol–water partition coefficient (Wildman–Crippen LogP) is 0.800. The quantitative estimate of drug-likeness (QED) is 0.638. The number of aromatic carboxylic acids is 1. The van der Waals surface area contributed by atoms with Gasteiger partial charge in [0.15, 0.2) is 0 Å². The Morgan fingerprint density at radius 3 is 2.78 bits per heavy atom. The second-order valence-corrected chi connectivity index (χ2v) is 5.66. The molecule has 0 aliphatic heterocycles. The van der Waals surface area contributed by atoms with Gasteiger partial charge in [0.05, 0.1) is 11.4 Å². The van der Waals surface area contributed by atoms with Gasteiger partial charge in [0.25, 0.3) is 0 Å². The molecule has 0 bridgehead atoms. The molecule has 1 aromatic heterocycles. The summed E-state index contributed by atoms with van der Waals surface area (Å²) in [5.74, 6) is -1.33. The van der Waals surface area contributed by atoms with Gasteiger partial charge in [-0.25, -0.2) is 13.2 Å². The molecule has 1 rings (SSSR count). The molecule has 0 unspecified atom stereocenters. The van der Waals surface area contributed by atoms with Crippen LogP contribution in [0.5, 0.6) is 0 Å². The molecular formula is C10H16N2O5S. The summed E-state index contributed by atoms with van der Waals surface area (Å²) in [5.41, 5.74) is 0.460. The number of H-pyrrole nitrogens is 1. The van der Waals surface area contributed by atoms with Gasteiger partial charge >= 0.3 is 5.97 Å². The number of nitrogens with one attached hydrogen (secondary N) is 2. The van der Waals surface area contributed by atoms with Crippen molar-refractivity contribution in [1.29, 1.82) is 0 Å². The van der Waals surface area contributed by atoms with E-state index in [1.54, 1.807) is 6.92 Å². The first kappa shape index (κ1) is 14.5. The Kier molecular flexibility index (Phi) is 4.74. The molecular weight excluding hydrogens is 260 g/mol. The van der Waals surface area contributed by atoms with E-state index in [0.29, 0.717) is 18.7 Å². The van der Waals surface area contributed by atoms with E-state index >= 15 is 0 Å². The number of hydrogen-bond donors (Lipinski definition) is 3. The van der Waals surface area contributed by atoms with E-state index in [4.69, 9.17) is 9.84 Å². The van der Waals surface area contributed by atoms with Gasteiger partial charge in [-0.05, 0) is 19.4 Å². The van der Waals surface area contributed by atoms with Gasteiger partial charge < -0.3 is 14.8 Å². The highest BCUT2D eigenvalue weighted by Gasteiger charge is 2.18. The summed E-state index contributed by atoms with van der Waals surface area (Å²) in [4.78, 5) is 13.5. The van der Waals surface area contributed by atoms with Crippen LogP contribution >= 0.6 is 0 Å². The Hall–Kier alpha value is -1.54. The zero-order valence-corrected chi connectivity index (χ0v) is 11.0. The number of methoxy groups -OCH3 is 1. The van der Waals surface area contributed by atoms with Gasteiger partial charge in [-0.1, -0.05) is 0 Å². The number of anilines is 1. The lowest BCUT2D eigenvalue weighted by Crippen LogP contribution is -2.19. The minimum atomic E-state index is -3.56. The SMILES string of the molecule is COCCCS(=O)(=O)Nc1cc(C)[nH]c1C(=O)O. The van der Waals surface area contributed by atoms with E-state index in [1.165, 1.54) is 13.2 Å². The van der Waals surface area contributed by atoms with Crippen molar-refractivity contribution < 1.29 is 23.1 Å². The van der Waals surface area contributed by atoms with Crippen LogP contribution in [-0.2, 0) is 14.8 Å². The highest BCUT2D eigenvalue weighted by atomic mass is 32.2. The summed E-state index contributed by atoms with van der Waals surface area (Å²) < 4.78 is 30.4. The van der Waals surface area contributed by atoms with Gasteiger partial charge in [-0.2, -0.15) is 0 Å². The van der Waals surface area contributed by atoms with Crippen molar-refractivity contribution in [2.75, 3.05) is 24.2 Å². The number of ether oxygens (including phenoxy) is 1. The summed E-state index contributed by atoms with van der Waals surface area (Å²) in [6.07, 6.45) is 0.345. The first-order valence-corrected chi connectivity index (χ1v) is 6.93. The first-order valence-electron chi connectivity index (χ1n) is 5.28. The minimum Gasteiger partial charge on any atom is -0.477 e. The van der Waals surface area contributed by atoms with Crippen molar-refractivity contribution in [2.45, 2.75) is 13.3 Å². The average molecular weight is 276 g/mol. The van der Waals surface area contributed by atoms with E-state index in [1.807, 2.05) is 0 Å². The number of aromatic amines is 1. The van der Waals surface area contributed by atoms with Gasteiger partial charge in [-0.3, -0.25) is 4.72 Å². The lowest BCUT2D eigenvalue weighted by atomic mass is 10.4. The van der Waals surface area contributed by atoms with E-state index in [-0.39, 0.29) is 17.1 Å². The molecule has 0 saturated carbocycles. The zero-order chi connectivity index (χ0) is 13.8. The molecule has 1 heterocycles. The largest absolute Gasteiger partial charge is 0.477 e. The van der Waals surface area contributed by atoms with Crippen molar-refractivity contribution in [3.8, 4) is 0 Å². The van der Waals surface area contributed by atoms with Crippen molar-refractivity contribution in [3.05, 3.63) is 17.5 Å². The Bertz CT molecular complexity index is 520. The van der Waals surface area contributed by atoms with Crippen LogP contribution in [0, 0.1) is 6.92 Å². The topological polar surface area (TPSA) is 108 Å². The second-order valence-electron chi connectivity index (χ2n) is 3.81. The molecule has 0 spiro atoms. The van der Waals surface area contributed by atoms with Gasteiger partial charge in [0.1, 0.15) is 5.69 Å². The lowest BCUT2D eigenvalue weighted by molar-refractivity contribution is 0.0692. The van der Waals surface area contributed by atoms with Crippen molar-refractivity contribution in [3.63, 3.8) is 0 Å². The van der Waals surface area contributed by atoms with Crippen LogP contribution in [0.3, 0.4) is 0 Å².